The maximum atomic E-state index is 13.4. The lowest BCUT2D eigenvalue weighted by molar-refractivity contribution is 0.0932. The zero-order valence-corrected chi connectivity index (χ0v) is 14.8. The zero-order chi connectivity index (χ0) is 19.1. The summed E-state index contributed by atoms with van der Waals surface area (Å²) in [5.41, 5.74) is 1.50. The number of amides is 1. The maximum absolute atomic E-state index is 13.4. The highest BCUT2D eigenvalue weighted by Gasteiger charge is 2.13. The van der Waals surface area contributed by atoms with E-state index in [2.05, 4.69) is 20.6 Å². The van der Waals surface area contributed by atoms with Crippen LogP contribution in [0.5, 0.6) is 0 Å². The summed E-state index contributed by atoms with van der Waals surface area (Å²) >= 11 is 0. The van der Waals surface area contributed by atoms with Crippen LogP contribution in [-0.2, 0) is 4.74 Å². The van der Waals surface area contributed by atoms with Crippen LogP contribution in [0.15, 0.2) is 60.7 Å². The van der Waals surface area contributed by atoms with Gasteiger partial charge in [-0.1, -0.05) is 36.4 Å². The van der Waals surface area contributed by atoms with Crippen molar-refractivity contribution in [2.75, 3.05) is 25.6 Å². The third kappa shape index (κ3) is 5.08. The van der Waals surface area contributed by atoms with E-state index in [9.17, 15) is 9.18 Å². The van der Waals surface area contributed by atoms with Gasteiger partial charge in [-0.2, -0.15) is 0 Å². The first-order chi connectivity index (χ1) is 13.2. The number of carbonyl (C=O) groups excluding carboxylic acids is 1. The van der Waals surface area contributed by atoms with Crippen molar-refractivity contribution in [3.63, 3.8) is 0 Å². The van der Waals surface area contributed by atoms with Crippen molar-refractivity contribution in [2.45, 2.75) is 0 Å². The molecule has 1 heterocycles. The quantitative estimate of drug-likeness (QED) is 0.627. The first kappa shape index (κ1) is 18.5. The monoisotopic (exact) mass is 366 g/mol. The molecule has 2 N–H and O–H groups in total. The third-order valence-electron chi connectivity index (χ3n) is 3.68. The Hall–Kier alpha value is -3.32. The molecule has 0 radical (unpaired) electrons. The Balaban J connectivity index is 1.94. The summed E-state index contributed by atoms with van der Waals surface area (Å²) in [7, 11) is 1.56. The van der Waals surface area contributed by atoms with Crippen molar-refractivity contribution in [1.29, 1.82) is 0 Å². The smallest absolute Gasteiger partial charge is 0.270 e. The Labute approximate surface area is 156 Å². The van der Waals surface area contributed by atoms with Gasteiger partial charge < -0.3 is 15.4 Å². The van der Waals surface area contributed by atoms with Crippen LogP contribution in [0.25, 0.3) is 11.4 Å². The molecule has 0 aliphatic rings. The van der Waals surface area contributed by atoms with E-state index in [4.69, 9.17) is 4.74 Å². The third-order valence-corrected chi connectivity index (χ3v) is 3.68. The molecule has 27 heavy (non-hydrogen) atoms. The molecule has 0 spiro atoms. The minimum Gasteiger partial charge on any atom is -0.383 e. The Morgan fingerprint density at radius 1 is 1.07 bits per heavy atom. The molecule has 0 aliphatic carbocycles. The van der Waals surface area contributed by atoms with Gasteiger partial charge in [-0.3, -0.25) is 4.79 Å². The van der Waals surface area contributed by atoms with Gasteiger partial charge in [-0.15, -0.1) is 0 Å². The van der Waals surface area contributed by atoms with Crippen molar-refractivity contribution >= 4 is 17.4 Å². The number of aromatic nitrogens is 2. The fourth-order valence-corrected chi connectivity index (χ4v) is 2.42. The number of benzene rings is 2. The fraction of sp³-hybridized carbons (Fsp3) is 0.150. The van der Waals surface area contributed by atoms with E-state index in [0.29, 0.717) is 30.5 Å². The van der Waals surface area contributed by atoms with Gasteiger partial charge in [-0.05, 0) is 18.2 Å². The SMILES string of the molecule is COCCNC(=O)c1cc(Nc2cccc(F)c2)nc(-c2ccccc2)n1. The Morgan fingerprint density at radius 2 is 1.89 bits per heavy atom. The Kier molecular flexibility index (Phi) is 6.06. The second kappa shape index (κ2) is 8.86. The molecular weight excluding hydrogens is 347 g/mol. The van der Waals surface area contributed by atoms with E-state index in [1.807, 2.05) is 30.3 Å². The molecule has 0 unspecified atom stereocenters. The summed E-state index contributed by atoms with van der Waals surface area (Å²) in [6, 6.07) is 16.9. The van der Waals surface area contributed by atoms with Crippen molar-refractivity contribution in [2.24, 2.45) is 0 Å². The molecule has 0 atom stereocenters. The molecule has 0 saturated carbocycles. The molecule has 2 aromatic carbocycles. The van der Waals surface area contributed by atoms with E-state index in [0.717, 1.165) is 5.56 Å². The van der Waals surface area contributed by atoms with Crippen LogP contribution in [0.4, 0.5) is 15.9 Å². The Morgan fingerprint density at radius 3 is 2.63 bits per heavy atom. The predicted octanol–water partition coefficient (Wildman–Crippen LogP) is 3.40. The van der Waals surface area contributed by atoms with E-state index in [1.54, 1.807) is 19.2 Å². The summed E-state index contributed by atoms with van der Waals surface area (Å²) in [4.78, 5) is 21.2. The summed E-state index contributed by atoms with van der Waals surface area (Å²) in [5.74, 6) is 0.0871. The average Bonchev–Trinajstić information content (AvgIpc) is 2.68. The van der Waals surface area contributed by atoms with Crippen LogP contribution < -0.4 is 10.6 Å². The largest absolute Gasteiger partial charge is 0.383 e. The topological polar surface area (TPSA) is 76.1 Å². The van der Waals surface area contributed by atoms with Crippen LogP contribution in [-0.4, -0.2) is 36.1 Å². The molecule has 0 saturated heterocycles. The normalized spacial score (nSPS) is 10.4. The minimum atomic E-state index is -0.366. The number of anilines is 2. The Bertz CT molecular complexity index is 919. The molecule has 1 aromatic heterocycles. The molecule has 7 heteroatoms. The number of nitrogens with zero attached hydrogens (tertiary/aromatic N) is 2. The van der Waals surface area contributed by atoms with E-state index < -0.39 is 0 Å². The van der Waals surface area contributed by atoms with Gasteiger partial charge in [0.05, 0.1) is 6.61 Å². The van der Waals surface area contributed by atoms with Crippen LogP contribution in [0.3, 0.4) is 0 Å². The molecule has 6 nitrogen and oxygen atoms in total. The molecule has 1 amide bonds. The number of hydrogen-bond acceptors (Lipinski definition) is 5. The maximum Gasteiger partial charge on any atom is 0.270 e. The second-order valence-corrected chi connectivity index (χ2v) is 5.71. The highest BCUT2D eigenvalue weighted by molar-refractivity contribution is 5.93. The number of hydrogen-bond donors (Lipinski definition) is 2. The molecule has 0 fully saturated rings. The average molecular weight is 366 g/mol. The number of carbonyl (C=O) groups is 1. The number of methoxy groups -OCH3 is 1. The van der Waals surface area contributed by atoms with E-state index in [-0.39, 0.29) is 17.4 Å². The summed E-state index contributed by atoms with van der Waals surface area (Å²) in [6.07, 6.45) is 0. The first-order valence-electron chi connectivity index (χ1n) is 8.40. The molecule has 3 rings (SSSR count). The van der Waals surface area contributed by atoms with Crippen molar-refractivity contribution in [3.8, 4) is 11.4 Å². The number of nitrogens with one attached hydrogen (secondary N) is 2. The lowest BCUT2D eigenvalue weighted by atomic mass is 10.2. The van der Waals surface area contributed by atoms with E-state index >= 15 is 0 Å². The number of halogens is 1. The van der Waals surface area contributed by atoms with Crippen LogP contribution in [0, 0.1) is 5.82 Å². The van der Waals surface area contributed by atoms with Gasteiger partial charge in [0, 0.05) is 31.0 Å². The highest BCUT2D eigenvalue weighted by atomic mass is 19.1. The van der Waals surface area contributed by atoms with Gasteiger partial charge in [0.1, 0.15) is 17.3 Å². The highest BCUT2D eigenvalue weighted by Crippen LogP contribution is 2.21. The van der Waals surface area contributed by atoms with Crippen LogP contribution in [0.2, 0.25) is 0 Å². The first-order valence-corrected chi connectivity index (χ1v) is 8.40. The standard InChI is InChI=1S/C20H19FN4O2/c1-27-11-10-22-20(26)17-13-18(23-16-9-5-8-15(21)12-16)25-19(24-17)14-6-3-2-4-7-14/h2-9,12-13H,10-11H2,1H3,(H,22,26)(H,23,24,25). The van der Waals surface area contributed by atoms with E-state index in [1.165, 1.54) is 18.2 Å². The zero-order valence-electron chi connectivity index (χ0n) is 14.8. The van der Waals surface area contributed by atoms with Crippen LogP contribution >= 0.6 is 0 Å². The predicted molar refractivity (Wildman–Crippen MR) is 101 cm³/mol. The number of ether oxygens (including phenoxy) is 1. The summed E-state index contributed by atoms with van der Waals surface area (Å²) in [5, 5.41) is 5.76. The molecular formula is C20H19FN4O2. The van der Waals surface area contributed by atoms with Crippen LogP contribution in [0.1, 0.15) is 10.5 Å². The van der Waals surface area contributed by atoms with Gasteiger partial charge in [0.25, 0.3) is 5.91 Å². The molecule has 138 valence electrons. The van der Waals surface area contributed by atoms with Gasteiger partial charge >= 0.3 is 0 Å². The summed E-state index contributed by atoms with van der Waals surface area (Å²) in [6.45, 7) is 0.767. The van der Waals surface area contributed by atoms with Gasteiger partial charge in [0.2, 0.25) is 0 Å². The molecule has 3 aromatic rings. The molecule has 0 bridgehead atoms. The van der Waals surface area contributed by atoms with Crippen molar-refractivity contribution in [1.82, 2.24) is 15.3 Å². The lowest BCUT2D eigenvalue weighted by Crippen LogP contribution is -2.28. The van der Waals surface area contributed by atoms with Crippen molar-refractivity contribution < 1.29 is 13.9 Å². The molecule has 0 aliphatic heterocycles. The number of rotatable bonds is 7. The van der Waals surface area contributed by atoms with Gasteiger partial charge in [0.15, 0.2) is 5.82 Å². The lowest BCUT2D eigenvalue weighted by Gasteiger charge is -2.11. The van der Waals surface area contributed by atoms with Crippen molar-refractivity contribution in [3.05, 3.63) is 72.2 Å². The fourth-order valence-electron chi connectivity index (χ4n) is 2.42. The summed E-state index contributed by atoms with van der Waals surface area (Å²) < 4.78 is 18.4. The second-order valence-electron chi connectivity index (χ2n) is 5.71. The minimum absolute atomic E-state index is 0.207. The van der Waals surface area contributed by atoms with Gasteiger partial charge in [-0.25, -0.2) is 14.4 Å².